The maximum atomic E-state index is 14.0. The van der Waals surface area contributed by atoms with Crippen LogP contribution < -0.4 is 20.1 Å². The molecule has 0 saturated heterocycles. The molecule has 0 atom stereocenters. The highest BCUT2D eigenvalue weighted by Crippen LogP contribution is 2.33. The van der Waals surface area contributed by atoms with Gasteiger partial charge in [0.05, 0.1) is 16.3 Å². The summed E-state index contributed by atoms with van der Waals surface area (Å²) in [6.45, 7) is 0.0724. The summed E-state index contributed by atoms with van der Waals surface area (Å²) in [4.78, 5) is 25.6. The van der Waals surface area contributed by atoms with Crippen molar-refractivity contribution < 1.29 is 27.8 Å². The van der Waals surface area contributed by atoms with E-state index in [-0.39, 0.29) is 28.8 Å². The van der Waals surface area contributed by atoms with Crippen molar-refractivity contribution in [2.24, 2.45) is 0 Å². The van der Waals surface area contributed by atoms with Gasteiger partial charge in [-0.15, -0.1) is 0 Å². The summed E-state index contributed by atoms with van der Waals surface area (Å²) < 4.78 is 37.8. The second kappa shape index (κ2) is 9.07. The molecule has 162 valence electrons. The second-order valence-electron chi connectivity index (χ2n) is 6.68. The quantitative estimate of drug-likeness (QED) is 0.543. The molecule has 2 amide bonds. The van der Waals surface area contributed by atoms with Crippen molar-refractivity contribution in [1.82, 2.24) is 5.32 Å². The Morgan fingerprint density at radius 1 is 0.969 bits per heavy atom. The van der Waals surface area contributed by atoms with E-state index in [4.69, 9.17) is 21.1 Å². The lowest BCUT2D eigenvalue weighted by Crippen LogP contribution is -2.31. The molecule has 6 nitrogen and oxygen atoms in total. The summed E-state index contributed by atoms with van der Waals surface area (Å²) in [6, 6.07) is 14.0. The minimum Gasteiger partial charge on any atom is -0.454 e. The molecule has 0 spiro atoms. The van der Waals surface area contributed by atoms with Crippen LogP contribution in [0, 0.1) is 11.6 Å². The molecule has 3 aromatic carbocycles. The molecular formula is C23H15ClF2N2O4. The lowest BCUT2D eigenvalue weighted by atomic mass is 10.1. The van der Waals surface area contributed by atoms with E-state index in [0.29, 0.717) is 23.1 Å². The van der Waals surface area contributed by atoms with Gasteiger partial charge >= 0.3 is 0 Å². The van der Waals surface area contributed by atoms with Crippen LogP contribution in [-0.2, 0) is 4.79 Å². The number of nitrogens with one attached hydrogen (secondary N) is 2. The molecule has 0 saturated carbocycles. The predicted molar refractivity (Wildman–Crippen MR) is 114 cm³/mol. The van der Waals surface area contributed by atoms with Gasteiger partial charge in [-0.2, -0.15) is 0 Å². The Balaban J connectivity index is 1.66. The van der Waals surface area contributed by atoms with Crippen molar-refractivity contribution in [2.75, 3.05) is 12.1 Å². The van der Waals surface area contributed by atoms with Gasteiger partial charge in [-0.05, 0) is 48.0 Å². The number of carbonyl (C=O) groups excluding carboxylic acids is 2. The predicted octanol–water partition coefficient (Wildman–Crippen LogP) is 4.76. The van der Waals surface area contributed by atoms with Crippen molar-refractivity contribution in [3.05, 3.63) is 94.1 Å². The van der Waals surface area contributed by atoms with Crippen LogP contribution in [-0.4, -0.2) is 18.6 Å². The fourth-order valence-corrected chi connectivity index (χ4v) is 3.17. The number of halogens is 3. The van der Waals surface area contributed by atoms with E-state index >= 15 is 0 Å². The van der Waals surface area contributed by atoms with Crippen LogP contribution in [0.4, 0.5) is 14.5 Å². The first-order valence-corrected chi connectivity index (χ1v) is 9.72. The highest BCUT2D eigenvalue weighted by Gasteiger charge is 2.19. The zero-order chi connectivity index (χ0) is 22.7. The first kappa shape index (κ1) is 21.3. The van der Waals surface area contributed by atoms with Gasteiger partial charge in [0.2, 0.25) is 6.79 Å². The summed E-state index contributed by atoms with van der Waals surface area (Å²) >= 11 is 6.08. The molecular weight excluding hydrogens is 442 g/mol. The summed E-state index contributed by atoms with van der Waals surface area (Å²) in [5.41, 5.74) is 0.211. The van der Waals surface area contributed by atoms with Crippen molar-refractivity contribution in [3.63, 3.8) is 0 Å². The van der Waals surface area contributed by atoms with Gasteiger partial charge in [0, 0.05) is 6.07 Å². The third kappa shape index (κ3) is 4.70. The van der Waals surface area contributed by atoms with Gasteiger partial charge in [-0.1, -0.05) is 29.8 Å². The number of hydrogen-bond acceptors (Lipinski definition) is 4. The van der Waals surface area contributed by atoms with Gasteiger partial charge in [0.1, 0.15) is 17.3 Å². The number of hydrogen-bond donors (Lipinski definition) is 2. The van der Waals surface area contributed by atoms with E-state index in [2.05, 4.69) is 10.6 Å². The second-order valence-corrected chi connectivity index (χ2v) is 7.09. The summed E-state index contributed by atoms with van der Waals surface area (Å²) in [5, 5.41) is 5.02. The van der Waals surface area contributed by atoms with Crippen LogP contribution in [0.5, 0.6) is 11.5 Å². The molecule has 1 aliphatic rings. The topological polar surface area (TPSA) is 76.7 Å². The van der Waals surface area contributed by atoms with Gasteiger partial charge in [0.25, 0.3) is 11.8 Å². The van der Waals surface area contributed by atoms with Gasteiger partial charge < -0.3 is 20.1 Å². The molecule has 9 heteroatoms. The Labute approximate surface area is 186 Å². The zero-order valence-electron chi connectivity index (χ0n) is 16.3. The van der Waals surface area contributed by atoms with Crippen LogP contribution in [0.25, 0.3) is 6.08 Å². The van der Waals surface area contributed by atoms with Gasteiger partial charge in [-0.25, -0.2) is 8.78 Å². The van der Waals surface area contributed by atoms with E-state index in [0.717, 1.165) is 12.1 Å². The number of benzene rings is 3. The fourth-order valence-electron chi connectivity index (χ4n) is 2.94. The smallest absolute Gasteiger partial charge is 0.272 e. The minimum atomic E-state index is -0.960. The maximum absolute atomic E-state index is 14.0. The number of ether oxygens (including phenoxy) is 2. The zero-order valence-corrected chi connectivity index (χ0v) is 17.1. The third-order valence-corrected chi connectivity index (χ3v) is 4.83. The van der Waals surface area contributed by atoms with Crippen LogP contribution in [0.15, 0.2) is 66.4 Å². The number of carbonyl (C=O) groups is 2. The van der Waals surface area contributed by atoms with E-state index in [1.165, 1.54) is 18.2 Å². The minimum absolute atomic E-state index is 0.0724. The Morgan fingerprint density at radius 2 is 1.75 bits per heavy atom. The van der Waals surface area contributed by atoms with Gasteiger partial charge in [-0.3, -0.25) is 9.59 Å². The standard InChI is InChI=1S/C23H15ClF2N2O4/c24-16-4-2-1-3-15(16)22(29)28-19(9-13-5-8-20-21(10-13)32-12-31-20)23(30)27-18-7-6-14(25)11-17(18)26/h1-11H,12H2,(H,27,30)(H,28,29)/b19-9+. The van der Waals surface area contributed by atoms with Crippen molar-refractivity contribution >= 4 is 35.2 Å². The lowest BCUT2D eigenvalue weighted by molar-refractivity contribution is -0.113. The normalized spacial score (nSPS) is 12.4. The Kier molecular flexibility index (Phi) is 6.04. The van der Waals surface area contributed by atoms with Crippen LogP contribution >= 0.6 is 11.6 Å². The Bertz CT molecular complexity index is 1250. The van der Waals surface area contributed by atoms with E-state index in [1.807, 2.05) is 0 Å². The highest BCUT2D eigenvalue weighted by atomic mass is 35.5. The largest absolute Gasteiger partial charge is 0.454 e. The molecule has 32 heavy (non-hydrogen) atoms. The average molecular weight is 457 g/mol. The summed E-state index contributed by atoms with van der Waals surface area (Å²) in [5.74, 6) is -2.20. The average Bonchev–Trinajstić information content (AvgIpc) is 3.23. The van der Waals surface area contributed by atoms with Crippen molar-refractivity contribution in [2.45, 2.75) is 0 Å². The number of amides is 2. The number of rotatable bonds is 5. The lowest BCUT2D eigenvalue weighted by Gasteiger charge is -2.12. The maximum Gasteiger partial charge on any atom is 0.272 e. The number of fused-ring (bicyclic) bond motifs is 1. The first-order valence-electron chi connectivity index (χ1n) is 9.34. The molecule has 0 radical (unpaired) electrons. The molecule has 3 aromatic rings. The van der Waals surface area contributed by atoms with Crippen LogP contribution in [0.3, 0.4) is 0 Å². The van der Waals surface area contributed by atoms with Gasteiger partial charge in [0.15, 0.2) is 11.5 Å². The highest BCUT2D eigenvalue weighted by molar-refractivity contribution is 6.34. The Morgan fingerprint density at radius 3 is 2.53 bits per heavy atom. The molecule has 4 rings (SSSR count). The summed E-state index contributed by atoms with van der Waals surface area (Å²) in [6.07, 6.45) is 1.38. The van der Waals surface area contributed by atoms with E-state index in [9.17, 15) is 18.4 Å². The molecule has 0 unspecified atom stereocenters. The molecule has 0 bridgehead atoms. The van der Waals surface area contributed by atoms with Crippen molar-refractivity contribution in [1.29, 1.82) is 0 Å². The summed E-state index contributed by atoms with van der Waals surface area (Å²) in [7, 11) is 0. The SMILES string of the molecule is O=C(Nc1ccc(F)cc1F)/C(=C\c1ccc2c(c1)OCO2)NC(=O)c1ccccc1Cl. The molecule has 2 N–H and O–H groups in total. The van der Waals surface area contributed by atoms with Crippen LogP contribution in [0.1, 0.15) is 15.9 Å². The monoisotopic (exact) mass is 456 g/mol. The van der Waals surface area contributed by atoms with Crippen LogP contribution in [0.2, 0.25) is 5.02 Å². The fraction of sp³-hybridized carbons (Fsp3) is 0.0435. The molecule has 0 fully saturated rings. The molecule has 1 heterocycles. The molecule has 0 aliphatic carbocycles. The molecule has 1 aliphatic heterocycles. The Hall–Kier alpha value is -3.91. The van der Waals surface area contributed by atoms with E-state index in [1.54, 1.807) is 30.3 Å². The third-order valence-electron chi connectivity index (χ3n) is 4.50. The van der Waals surface area contributed by atoms with Crippen molar-refractivity contribution in [3.8, 4) is 11.5 Å². The molecule has 0 aromatic heterocycles. The number of anilines is 1. The first-order chi connectivity index (χ1) is 15.4. The van der Waals surface area contributed by atoms with E-state index < -0.39 is 23.4 Å².